The first-order valence-electron chi connectivity index (χ1n) is 4.69. The Bertz CT molecular complexity index is 346. The molecule has 0 N–H and O–H groups in total. The third-order valence-corrected chi connectivity index (χ3v) is 1.92. The number of esters is 1. The molecule has 0 aromatic heterocycles. The second kappa shape index (κ2) is 5.01. The summed E-state index contributed by atoms with van der Waals surface area (Å²) in [6.45, 7) is 1.53. The van der Waals surface area contributed by atoms with Crippen molar-refractivity contribution in [2.45, 2.75) is 25.6 Å². The van der Waals surface area contributed by atoms with E-state index < -0.39 is 24.7 Å². The number of benzene rings is 1. The molecule has 0 amide bonds. The van der Waals surface area contributed by atoms with Crippen LogP contribution in [0.5, 0.6) is 0 Å². The van der Waals surface area contributed by atoms with Gasteiger partial charge in [-0.15, -0.1) is 0 Å². The quantitative estimate of drug-likeness (QED) is 0.748. The Kier molecular flexibility index (Phi) is 3.93. The Labute approximate surface area is 91.0 Å². The molecule has 0 saturated heterocycles. The van der Waals surface area contributed by atoms with Crippen molar-refractivity contribution >= 4 is 5.97 Å². The molecular weight excluding hydrogens is 221 g/mol. The van der Waals surface area contributed by atoms with Gasteiger partial charge in [0.1, 0.15) is 12.5 Å². The molecule has 0 radical (unpaired) electrons. The molecule has 1 rings (SSSR count). The first-order valence-corrected chi connectivity index (χ1v) is 4.69. The van der Waals surface area contributed by atoms with Crippen molar-refractivity contribution in [1.82, 2.24) is 0 Å². The maximum absolute atomic E-state index is 11.9. The minimum Gasteiger partial charge on any atom is -0.458 e. The molecule has 0 bridgehead atoms. The van der Waals surface area contributed by atoms with Crippen LogP contribution in [0.4, 0.5) is 13.2 Å². The van der Waals surface area contributed by atoms with Gasteiger partial charge in [-0.25, -0.2) is 0 Å². The summed E-state index contributed by atoms with van der Waals surface area (Å²) in [6, 6.07) is 8.59. The number of rotatable bonds is 3. The molecule has 1 atom stereocenters. The Morgan fingerprint density at radius 2 is 1.88 bits per heavy atom. The summed E-state index contributed by atoms with van der Waals surface area (Å²) in [5, 5.41) is 0. The zero-order valence-corrected chi connectivity index (χ0v) is 8.62. The minimum atomic E-state index is -4.52. The lowest BCUT2D eigenvalue weighted by molar-refractivity contribution is -0.175. The molecule has 0 heterocycles. The van der Waals surface area contributed by atoms with Crippen LogP contribution in [0.1, 0.15) is 25.0 Å². The van der Waals surface area contributed by atoms with E-state index in [2.05, 4.69) is 4.74 Å². The molecule has 0 fully saturated rings. The molecule has 1 unspecified atom stereocenters. The molecule has 0 aliphatic carbocycles. The van der Waals surface area contributed by atoms with E-state index in [-0.39, 0.29) is 0 Å². The summed E-state index contributed by atoms with van der Waals surface area (Å²) in [6.07, 6.45) is -6.74. The topological polar surface area (TPSA) is 26.3 Å². The average molecular weight is 232 g/mol. The second-order valence-electron chi connectivity index (χ2n) is 3.33. The van der Waals surface area contributed by atoms with Crippen molar-refractivity contribution in [2.75, 3.05) is 0 Å². The summed E-state index contributed by atoms with van der Waals surface area (Å²) in [5.74, 6) is -1.26. The largest absolute Gasteiger partial charge is 0.458 e. The number of hydrogen-bond acceptors (Lipinski definition) is 2. The number of carbonyl (C=O) groups is 1. The van der Waals surface area contributed by atoms with E-state index in [1.54, 1.807) is 30.3 Å². The third-order valence-electron chi connectivity index (χ3n) is 1.92. The van der Waals surface area contributed by atoms with Crippen molar-refractivity contribution in [2.24, 2.45) is 0 Å². The Morgan fingerprint density at radius 3 is 2.38 bits per heavy atom. The van der Waals surface area contributed by atoms with Crippen LogP contribution < -0.4 is 0 Å². The second-order valence-corrected chi connectivity index (χ2v) is 3.33. The van der Waals surface area contributed by atoms with E-state index >= 15 is 0 Å². The highest BCUT2D eigenvalue weighted by molar-refractivity contribution is 5.70. The summed E-state index contributed by atoms with van der Waals surface area (Å²) in [5.41, 5.74) is 0.665. The highest BCUT2D eigenvalue weighted by Crippen LogP contribution is 2.23. The molecule has 2 nitrogen and oxygen atoms in total. The number of alkyl halides is 3. The summed E-state index contributed by atoms with van der Waals surface area (Å²) in [7, 11) is 0. The molecule has 5 heteroatoms. The zero-order chi connectivity index (χ0) is 12.2. The Morgan fingerprint density at radius 1 is 1.31 bits per heavy atom. The van der Waals surface area contributed by atoms with E-state index in [0.717, 1.165) is 0 Å². The van der Waals surface area contributed by atoms with Crippen LogP contribution >= 0.6 is 0 Å². The summed E-state index contributed by atoms with van der Waals surface area (Å²) in [4.78, 5) is 10.9. The van der Waals surface area contributed by atoms with Crippen molar-refractivity contribution in [1.29, 1.82) is 0 Å². The molecule has 0 aliphatic rings. The van der Waals surface area contributed by atoms with Crippen LogP contribution in [-0.4, -0.2) is 12.1 Å². The van der Waals surface area contributed by atoms with E-state index in [1.165, 1.54) is 6.92 Å². The van der Waals surface area contributed by atoms with Crippen LogP contribution in [0, 0.1) is 0 Å². The molecule has 1 aromatic rings. The highest BCUT2D eigenvalue weighted by Gasteiger charge is 2.32. The van der Waals surface area contributed by atoms with Gasteiger partial charge in [0.15, 0.2) is 0 Å². The SMILES string of the molecule is CC(OC(=O)CC(F)(F)F)c1ccccc1. The van der Waals surface area contributed by atoms with Gasteiger partial charge < -0.3 is 4.74 Å². The van der Waals surface area contributed by atoms with Gasteiger partial charge in [0.25, 0.3) is 0 Å². The smallest absolute Gasteiger partial charge is 0.399 e. The van der Waals surface area contributed by atoms with Gasteiger partial charge in [0.05, 0.1) is 0 Å². The monoisotopic (exact) mass is 232 g/mol. The lowest BCUT2D eigenvalue weighted by Crippen LogP contribution is -2.18. The van der Waals surface area contributed by atoms with Crippen molar-refractivity contribution < 1.29 is 22.7 Å². The van der Waals surface area contributed by atoms with E-state index in [0.29, 0.717) is 5.56 Å². The van der Waals surface area contributed by atoms with Gasteiger partial charge in [-0.3, -0.25) is 4.79 Å². The van der Waals surface area contributed by atoms with E-state index in [9.17, 15) is 18.0 Å². The third kappa shape index (κ3) is 4.33. The van der Waals surface area contributed by atoms with E-state index in [1.807, 2.05) is 0 Å². The lowest BCUT2D eigenvalue weighted by Gasteiger charge is -2.14. The van der Waals surface area contributed by atoms with Gasteiger partial charge in [-0.1, -0.05) is 30.3 Å². The lowest BCUT2D eigenvalue weighted by atomic mass is 10.1. The average Bonchev–Trinajstić information content (AvgIpc) is 2.16. The van der Waals surface area contributed by atoms with Crippen LogP contribution in [0.2, 0.25) is 0 Å². The van der Waals surface area contributed by atoms with Gasteiger partial charge in [0, 0.05) is 0 Å². The van der Waals surface area contributed by atoms with Gasteiger partial charge in [0.2, 0.25) is 0 Å². The molecule has 88 valence electrons. The molecule has 0 spiro atoms. The van der Waals surface area contributed by atoms with Crippen molar-refractivity contribution in [3.05, 3.63) is 35.9 Å². The van der Waals surface area contributed by atoms with Crippen LogP contribution in [0.25, 0.3) is 0 Å². The maximum Gasteiger partial charge on any atom is 0.399 e. The molecule has 0 aliphatic heterocycles. The minimum absolute atomic E-state index is 0.665. The number of carbonyl (C=O) groups excluding carboxylic acids is 1. The molecule has 0 saturated carbocycles. The van der Waals surface area contributed by atoms with Gasteiger partial charge in [-0.05, 0) is 12.5 Å². The first-order chi connectivity index (χ1) is 7.38. The van der Waals surface area contributed by atoms with Crippen molar-refractivity contribution in [3.8, 4) is 0 Å². The highest BCUT2D eigenvalue weighted by atomic mass is 19.4. The van der Waals surface area contributed by atoms with Gasteiger partial charge in [-0.2, -0.15) is 13.2 Å². The standard InChI is InChI=1S/C11H11F3O2/c1-8(9-5-3-2-4-6-9)16-10(15)7-11(12,13)14/h2-6,8H,7H2,1H3. The number of ether oxygens (including phenoxy) is 1. The fourth-order valence-corrected chi connectivity index (χ4v) is 1.19. The van der Waals surface area contributed by atoms with Crippen LogP contribution in [-0.2, 0) is 9.53 Å². The van der Waals surface area contributed by atoms with Gasteiger partial charge >= 0.3 is 12.1 Å². The summed E-state index contributed by atoms with van der Waals surface area (Å²) >= 11 is 0. The van der Waals surface area contributed by atoms with E-state index in [4.69, 9.17) is 0 Å². The Hall–Kier alpha value is -1.52. The summed E-state index contributed by atoms with van der Waals surface area (Å²) < 4.78 is 40.2. The fraction of sp³-hybridized carbons (Fsp3) is 0.364. The zero-order valence-electron chi connectivity index (χ0n) is 8.62. The van der Waals surface area contributed by atoms with Crippen LogP contribution in [0.3, 0.4) is 0 Å². The molecular formula is C11H11F3O2. The maximum atomic E-state index is 11.9. The van der Waals surface area contributed by atoms with Crippen LogP contribution in [0.15, 0.2) is 30.3 Å². The fourth-order valence-electron chi connectivity index (χ4n) is 1.19. The number of hydrogen-bond donors (Lipinski definition) is 0. The number of halogens is 3. The molecule has 1 aromatic carbocycles. The van der Waals surface area contributed by atoms with Crippen molar-refractivity contribution in [3.63, 3.8) is 0 Å². The predicted molar refractivity (Wildman–Crippen MR) is 51.6 cm³/mol. The predicted octanol–water partition coefficient (Wildman–Crippen LogP) is 3.24. The Balaban J connectivity index is 2.52. The normalized spacial score (nSPS) is 13.2. The molecule has 16 heavy (non-hydrogen) atoms. The first kappa shape index (κ1) is 12.5.